The fourth-order valence-electron chi connectivity index (χ4n) is 8.45. The second kappa shape index (κ2) is 51.0. The SMILES string of the molecule is CCCCCCCCCCCCCCCCCCCCC(=O)O[C@@H](COC(=O)CCCCCCCCCCC)COC(=O)CCCCCCCCCCCCCCCCCC. The van der Waals surface area contributed by atoms with Gasteiger partial charge in [-0.1, -0.05) is 278 Å². The fraction of sp³-hybridized carbons (Fsp3) is 0.945. The van der Waals surface area contributed by atoms with E-state index in [9.17, 15) is 14.4 Å². The van der Waals surface area contributed by atoms with Crippen molar-refractivity contribution in [1.82, 2.24) is 0 Å². The summed E-state index contributed by atoms with van der Waals surface area (Å²) in [6.07, 6.45) is 55.2. The van der Waals surface area contributed by atoms with E-state index in [1.807, 2.05) is 0 Å². The highest BCUT2D eigenvalue weighted by molar-refractivity contribution is 5.71. The van der Waals surface area contributed by atoms with E-state index >= 15 is 0 Å². The number of esters is 3. The van der Waals surface area contributed by atoms with Crippen molar-refractivity contribution in [3.63, 3.8) is 0 Å². The molecule has 0 aliphatic heterocycles. The molecule has 0 saturated carbocycles. The van der Waals surface area contributed by atoms with Gasteiger partial charge in [0.2, 0.25) is 0 Å². The summed E-state index contributed by atoms with van der Waals surface area (Å²) in [5.74, 6) is -0.840. The zero-order valence-corrected chi connectivity index (χ0v) is 41.5. The molecule has 362 valence electrons. The van der Waals surface area contributed by atoms with E-state index in [1.54, 1.807) is 0 Å². The Balaban J connectivity index is 4.22. The molecule has 1 atom stereocenters. The molecule has 0 spiro atoms. The molecule has 0 saturated heterocycles. The molecule has 0 rings (SSSR count). The van der Waals surface area contributed by atoms with Crippen molar-refractivity contribution < 1.29 is 28.6 Å². The molecule has 61 heavy (non-hydrogen) atoms. The predicted molar refractivity (Wildman–Crippen MR) is 261 cm³/mol. The van der Waals surface area contributed by atoms with E-state index in [-0.39, 0.29) is 31.1 Å². The Kier molecular flexibility index (Phi) is 49.7. The molecule has 0 amide bonds. The summed E-state index contributed by atoms with van der Waals surface area (Å²) in [5.41, 5.74) is 0. The van der Waals surface area contributed by atoms with E-state index in [0.717, 1.165) is 57.8 Å². The zero-order chi connectivity index (χ0) is 44.4. The minimum Gasteiger partial charge on any atom is -0.462 e. The van der Waals surface area contributed by atoms with Crippen molar-refractivity contribution in [3.8, 4) is 0 Å². The normalized spacial score (nSPS) is 11.9. The molecule has 0 unspecified atom stereocenters. The Morgan fingerprint density at radius 2 is 0.443 bits per heavy atom. The van der Waals surface area contributed by atoms with E-state index < -0.39 is 6.10 Å². The predicted octanol–water partition coefficient (Wildman–Crippen LogP) is 18.0. The highest BCUT2D eigenvalue weighted by Gasteiger charge is 2.19. The number of unbranched alkanes of at least 4 members (excludes halogenated alkanes) is 40. The summed E-state index contributed by atoms with van der Waals surface area (Å²) >= 11 is 0. The third kappa shape index (κ3) is 49.3. The van der Waals surface area contributed by atoms with Crippen molar-refractivity contribution in [2.75, 3.05) is 13.2 Å². The monoisotopic (exact) mass is 863 g/mol. The quantitative estimate of drug-likeness (QED) is 0.0344. The van der Waals surface area contributed by atoms with Crippen molar-refractivity contribution in [1.29, 1.82) is 0 Å². The highest BCUT2D eigenvalue weighted by atomic mass is 16.6. The standard InChI is InChI=1S/C55H106O6/c1-4-7-10-13-16-19-21-23-25-27-28-30-32-34-37-40-43-46-49-55(58)61-52(50-59-53(56)47-44-41-38-35-18-15-12-9-6-3)51-60-54(57)48-45-42-39-36-33-31-29-26-24-22-20-17-14-11-8-5-2/h52H,4-51H2,1-3H3/t52-/m0/s1. The first-order valence-electron chi connectivity index (χ1n) is 27.5. The summed E-state index contributed by atoms with van der Waals surface area (Å²) in [6.45, 7) is 6.68. The molecule has 0 aromatic heterocycles. The van der Waals surface area contributed by atoms with E-state index in [0.29, 0.717) is 19.3 Å². The van der Waals surface area contributed by atoms with Crippen molar-refractivity contribution in [3.05, 3.63) is 0 Å². The van der Waals surface area contributed by atoms with Crippen molar-refractivity contribution in [2.24, 2.45) is 0 Å². The molecular weight excluding hydrogens is 757 g/mol. The molecule has 0 fully saturated rings. The lowest BCUT2D eigenvalue weighted by Crippen LogP contribution is -2.30. The average molecular weight is 863 g/mol. The van der Waals surface area contributed by atoms with E-state index in [4.69, 9.17) is 14.2 Å². The first-order chi connectivity index (χ1) is 30.0. The lowest BCUT2D eigenvalue weighted by molar-refractivity contribution is -0.167. The van der Waals surface area contributed by atoms with Crippen molar-refractivity contribution in [2.45, 2.75) is 322 Å². The first kappa shape index (κ1) is 59.4. The maximum atomic E-state index is 12.8. The lowest BCUT2D eigenvalue weighted by atomic mass is 10.0. The Morgan fingerprint density at radius 3 is 0.656 bits per heavy atom. The van der Waals surface area contributed by atoms with Gasteiger partial charge in [0.25, 0.3) is 0 Å². The summed E-state index contributed by atoms with van der Waals surface area (Å²) in [4.78, 5) is 37.9. The molecule has 0 heterocycles. The van der Waals surface area contributed by atoms with Crippen molar-refractivity contribution >= 4 is 17.9 Å². The molecule has 0 aromatic rings. The number of carbonyl (C=O) groups excluding carboxylic acids is 3. The van der Waals surface area contributed by atoms with Gasteiger partial charge in [-0.2, -0.15) is 0 Å². The number of hydrogen-bond acceptors (Lipinski definition) is 6. The first-order valence-corrected chi connectivity index (χ1v) is 27.5. The molecule has 6 nitrogen and oxygen atoms in total. The van der Waals surface area contributed by atoms with Crippen LogP contribution in [-0.4, -0.2) is 37.2 Å². The van der Waals surface area contributed by atoms with Gasteiger partial charge in [-0.15, -0.1) is 0 Å². The topological polar surface area (TPSA) is 78.9 Å². The second-order valence-electron chi connectivity index (χ2n) is 18.9. The van der Waals surface area contributed by atoms with E-state index in [1.165, 1.54) is 218 Å². The maximum absolute atomic E-state index is 12.8. The lowest BCUT2D eigenvalue weighted by Gasteiger charge is -2.18. The van der Waals surface area contributed by atoms with Gasteiger partial charge in [0.05, 0.1) is 0 Å². The van der Waals surface area contributed by atoms with Crippen LogP contribution in [0.3, 0.4) is 0 Å². The van der Waals surface area contributed by atoms with Gasteiger partial charge in [-0.25, -0.2) is 0 Å². The Bertz CT molecular complexity index is 905. The molecule has 0 radical (unpaired) electrons. The van der Waals surface area contributed by atoms with Crippen LogP contribution in [0.5, 0.6) is 0 Å². The average Bonchev–Trinajstić information content (AvgIpc) is 3.26. The minimum absolute atomic E-state index is 0.0616. The third-order valence-electron chi connectivity index (χ3n) is 12.6. The fourth-order valence-corrected chi connectivity index (χ4v) is 8.45. The summed E-state index contributed by atoms with van der Waals surface area (Å²) < 4.78 is 16.8. The molecule has 6 heteroatoms. The van der Waals surface area contributed by atoms with Gasteiger partial charge < -0.3 is 14.2 Å². The van der Waals surface area contributed by atoms with Crippen LogP contribution in [0.1, 0.15) is 316 Å². The smallest absolute Gasteiger partial charge is 0.306 e. The molecule has 0 aromatic carbocycles. The van der Waals surface area contributed by atoms with Crippen LogP contribution < -0.4 is 0 Å². The molecular formula is C55H106O6. The van der Waals surface area contributed by atoms with Crippen LogP contribution in [0, 0.1) is 0 Å². The Morgan fingerprint density at radius 1 is 0.262 bits per heavy atom. The minimum atomic E-state index is -0.759. The van der Waals surface area contributed by atoms with Crippen LogP contribution in [0.2, 0.25) is 0 Å². The summed E-state index contributed by atoms with van der Waals surface area (Å²) in [5, 5.41) is 0. The molecule has 0 aliphatic rings. The molecule has 0 bridgehead atoms. The van der Waals surface area contributed by atoms with Gasteiger partial charge in [0.1, 0.15) is 13.2 Å². The van der Waals surface area contributed by atoms with Gasteiger partial charge in [-0.3, -0.25) is 14.4 Å². The van der Waals surface area contributed by atoms with Gasteiger partial charge in [0, 0.05) is 19.3 Å². The van der Waals surface area contributed by atoms with Crippen LogP contribution >= 0.6 is 0 Å². The van der Waals surface area contributed by atoms with Crippen LogP contribution in [0.4, 0.5) is 0 Å². The second-order valence-corrected chi connectivity index (χ2v) is 18.9. The third-order valence-corrected chi connectivity index (χ3v) is 12.6. The maximum Gasteiger partial charge on any atom is 0.306 e. The largest absolute Gasteiger partial charge is 0.462 e. The number of rotatable bonds is 51. The van der Waals surface area contributed by atoms with Crippen LogP contribution in [0.25, 0.3) is 0 Å². The number of hydrogen-bond donors (Lipinski definition) is 0. The zero-order valence-electron chi connectivity index (χ0n) is 41.5. The van der Waals surface area contributed by atoms with Gasteiger partial charge in [-0.05, 0) is 19.3 Å². The van der Waals surface area contributed by atoms with Crippen LogP contribution in [-0.2, 0) is 28.6 Å². The summed E-state index contributed by atoms with van der Waals surface area (Å²) in [6, 6.07) is 0. The summed E-state index contributed by atoms with van der Waals surface area (Å²) in [7, 11) is 0. The molecule has 0 N–H and O–H groups in total. The Hall–Kier alpha value is -1.59. The Labute approximate surface area is 380 Å². The van der Waals surface area contributed by atoms with Gasteiger partial charge >= 0.3 is 17.9 Å². The number of carbonyl (C=O) groups is 3. The van der Waals surface area contributed by atoms with Gasteiger partial charge in [0.15, 0.2) is 6.10 Å². The number of ether oxygens (including phenoxy) is 3. The molecule has 0 aliphatic carbocycles. The highest BCUT2D eigenvalue weighted by Crippen LogP contribution is 2.17. The van der Waals surface area contributed by atoms with Crippen LogP contribution in [0.15, 0.2) is 0 Å². The van der Waals surface area contributed by atoms with E-state index in [2.05, 4.69) is 20.8 Å².